The molecular weight excluding hydrogens is 333 g/mol. The van der Waals surface area contributed by atoms with E-state index in [1.165, 1.54) is 11.8 Å². The second kappa shape index (κ2) is 8.74. The van der Waals surface area contributed by atoms with Crippen LogP contribution in [0.15, 0.2) is 5.16 Å². The van der Waals surface area contributed by atoms with Gasteiger partial charge in [0, 0.05) is 25.4 Å². The van der Waals surface area contributed by atoms with Crippen molar-refractivity contribution in [3.05, 3.63) is 0 Å². The maximum absolute atomic E-state index is 12.9. The molecule has 0 radical (unpaired) electrons. The molecule has 0 atom stereocenters. The summed E-state index contributed by atoms with van der Waals surface area (Å²) in [6, 6.07) is 0. The van der Waals surface area contributed by atoms with Crippen molar-refractivity contribution in [1.82, 2.24) is 14.8 Å². The van der Waals surface area contributed by atoms with Gasteiger partial charge in [0.1, 0.15) is 6.54 Å². The summed E-state index contributed by atoms with van der Waals surface area (Å²) in [6.07, 6.45) is -1.96. The highest BCUT2D eigenvalue weighted by molar-refractivity contribution is 7.99. The van der Waals surface area contributed by atoms with E-state index in [1.54, 1.807) is 4.90 Å². The van der Waals surface area contributed by atoms with Gasteiger partial charge in [-0.15, -0.1) is 10.2 Å². The molecule has 6 nitrogen and oxygen atoms in total. The molecule has 1 aromatic heterocycles. The molecule has 0 bridgehead atoms. The zero-order chi connectivity index (χ0) is 16.7. The van der Waals surface area contributed by atoms with E-state index in [0.717, 1.165) is 17.4 Å². The van der Waals surface area contributed by atoms with Crippen LogP contribution in [0.5, 0.6) is 0 Å². The van der Waals surface area contributed by atoms with Crippen molar-refractivity contribution in [2.75, 3.05) is 43.6 Å². The third kappa shape index (κ3) is 5.85. The lowest BCUT2D eigenvalue weighted by Gasteiger charge is -2.28. The second-order valence-electron chi connectivity index (χ2n) is 5.22. The van der Waals surface area contributed by atoms with Gasteiger partial charge < -0.3 is 14.7 Å². The Morgan fingerprint density at radius 3 is 2.52 bits per heavy atom. The van der Waals surface area contributed by atoms with Gasteiger partial charge in [-0.05, 0) is 12.8 Å². The maximum Gasteiger partial charge on any atom is 0.406 e. The van der Waals surface area contributed by atoms with E-state index in [-0.39, 0.29) is 17.7 Å². The van der Waals surface area contributed by atoms with Crippen molar-refractivity contribution in [3.63, 3.8) is 0 Å². The topological polar surface area (TPSA) is 63.4 Å². The van der Waals surface area contributed by atoms with Crippen molar-refractivity contribution in [2.24, 2.45) is 0 Å². The van der Waals surface area contributed by atoms with E-state index in [0.29, 0.717) is 38.5 Å². The van der Waals surface area contributed by atoms with E-state index in [9.17, 15) is 13.2 Å². The van der Waals surface area contributed by atoms with E-state index in [1.807, 2.05) is 0 Å². The number of hydrogen-bond acceptors (Lipinski definition) is 6. The van der Waals surface area contributed by atoms with E-state index >= 15 is 0 Å². The fourth-order valence-electron chi connectivity index (χ4n) is 2.26. The minimum Gasteiger partial charge on any atom is -0.396 e. The number of nitrogens with zero attached hydrogens (tertiary/aromatic N) is 4. The number of anilines is 1. The average molecular weight is 354 g/mol. The van der Waals surface area contributed by atoms with Crippen LogP contribution in [0.2, 0.25) is 0 Å². The number of aliphatic hydroxyl groups is 1. The van der Waals surface area contributed by atoms with Crippen molar-refractivity contribution < 1.29 is 23.0 Å². The number of unbranched alkanes of at least 4 members (excludes halogenated alkanes) is 2. The number of ether oxygens (including phenoxy) is 1. The summed E-state index contributed by atoms with van der Waals surface area (Å²) in [6.45, 7) is 1.01. The summed E-state index contributed by atoms with van der Waals surface area (Å²) in [5, 5.41) is 16.9. The van der Waals surface area contributed by atoms with Crippen LogP contribution >= 0.6 is 11.8 Å². The lowest BCUT2D eigenvalue weighted by Crippen LogP contribution is -2.38. The van der Waals surface area contributed by atoms with Gasteiger partial charge in [-0.25, -0.2) is 0 Å². The maximum atomic E-state index is 12.9. The molecule has 10 heteroatoms. The Morgan fingerprint density at radius 2 is 1.87 bits per heavy atom. The lowest BCUT2D eigenvalue weighted by atomic mass is 10.3. The molecule has 1 aliphatic heterocycles. The van der Waals surface area contributed by atoms with Crippen LogP contribution in [0.3, 0.4) is 0 Å². The Bertz CT molecular complexity index is 478. The molecule has 0 aromatic carbocycles. The van der Waals surface area contributed by atoms with Gasteiger partial charge in [0.25, 0.3) is 0 Å². The largest absolute Gasteiger partial charge is 0.406 e. The number of rotatable bonds is 8. The molecule has 0 unspecified atom stereocenters. The minimum absolute atomic E-state index is 0.135. The molecule has 2 rings (SSSR count). The summed E-state index contributed by atoms with van der Waals surface area (Å²) in [5.41, 5.74) is 0. The molecule has 132 valence electrons. The third-order valence-electron chi connectivity index (χ3n) is 3.36. The molecular formula is C13H21F3N4O2S. The summed E-state index contributed by atoms with van der Waals surface area (Å²) in [5.74, 6) is 0.905. The van der Waals surface area contributed by atoms with E-state index in [2.05, 4.69) is 10.2 Å². The molecule has 1 aliphatic rings. The van der Waals surface area contributed by atoms with Crippen LogP contribution in [-0.2, 0) is 11.3 Å². The van der Waals surface area contributed by atoms with Crippen LogP contribution in [0.1, 0.15) is 19.3 Å². The number of morpholine rings is 1. The zero-order valence-electron chi connectivity index (χ0n) is 12.8. The van der Waals surface area contributed by atoms with Gasteiger partial charge in [0.2, 0.25) is 5.95 Å². The average Bonchev–Trinajstić information content (AvgIpc) is 2.89. The summed E-state index contributed by atoms with van der Waals surface area (Å²) in [4.78, 5) is 1.78. The monoisotopic (exact) mass is 354 g/mol. The van der Waals surface area contributed by atoms with E-state index < -0.39 is 12.7 Å². The SMILES string of the molecule is OCCCCCSc1nnc(N2CCOCC2)n1CC(F)(F)F. The third-order valence-corrected chi connectivity index (χ3v) is 4.42. The lowest BCUT2D eigenvalue weighted by molar-refractivity contribution is -0.141. The van der Waals surface area contributed by atoms with Crippen molar-refractivity contribution in [2.45, 2.75) is 37.1 Å². The Balaban J connectivity index is 2.05. The first kappa shape index (κ1) is 18.3. The van der Waals surface area contributed by atoms with Gasteiger partial charge in [0.05, 0.1) is 13.2 Å². The van der Waals surface area contributed by atoms with Crippen LogP contribution < -0.4 is 4.90 Å². The molecule has 0 amide bonds. The number of alkyl halides is 3. The summed E-state index contributed by atoms with van der Waals surface area (Å²) >= 11 is 1.27. The van der Waals surface area contributed by atoms with Crippen molar-refractivity contribution >= 4 is 17.7 Å². The first-order valence-corrected chi connectivity index (χ1v) is 8.56. The Labute approximate surface area is 137 Å². The normalized spacial score (nSPS) is 16.1. The van der Waals surface area contributed by atoms with Gasteiger partial charge in [-0.3, -0.25) is 4.57 Å². The number of thioether (sulfide) groups is 1. The predicted octanol–water partition coefficient (Wildman–Crippen LogP) is 1.93. The quantitative estimate of drug-likeness (QED) is 0.569. The Morgan fingerprint density at radius 1 is 1.13 bits per heavy atom. The standard InChI is InChI=1S/C13H21F3N4O2S/c14-13(15,16)10-20-11(19-4-7-22-8-5-19)17-18-12(20)23-9-3-1-2-6-21/h21H,1-10H2. The van der Waals surface area contributed by atoms with E-state index in [4.69, 9.17) is 9.84 Å². The molecule has 1 saturated heterocycles. The highest BCUT2D eigenvalue weighted by Gasteiger charge is 2.32. The fraction of sp³-hybridized carbons (Fsp3) is 0.846. The smallest absolute Gasteiger partial charge is 0.396 e. The molecule has 1 aromatic rings. The van der Waals surface area contributed by atoms with Crippen LogP contribution in [0.4, 0.5) is 19.1 Å². The van der Waals surface area contributed by atoms with Gasteiger partial charge in [-0.2, -0.15) is 13.2 Å². The first-order valence-electron chi connectivity index (χ1n) is 7.57. The minimum atomic E-state index is -4.32. The number of aliphatic hydroxyl groups excluding tert-OH is 1. The Kier molecular flexibility index (Phi) is 6.97. The number of aromatic nitrogens is 3. The highest BCUT2D eigenvalue weighted by atomic mass is 32.2. The molecule has 1 fully saturated rings. The zero-order valence-corrected chi connectivity index (χ0v) is 13.6. The summed E-state index contributed by atoms with van der Waals surface area (Å²) in [7, 11) is 0. The molecule has 0 spiro atoms. The van der Waals surface area contributed by atoms with Crippen molar-refractivity contribution in [3.8, 4) is 0 Å². The fourth-order valence-corrected chi connectivity index (χ4v) is 3.19. The van der Waals surface area contributed by atoms with Crippen LogP contribution in [0.25, 0.3) is 0 Å². The van der Waals surface area contributed by atoms with Gasteiger partial charge >= 0.3 is 6.18 Å². The molecule has 0 aliphatic carbocycles. The molecule has 2 heterocycles. The first-order chi connectivity index (χ1) is 11.0. The van der Waals surface area contributed by atoms with Gasteiger partial charge in [-0.1, -0.05) is 18.2 Å². The number of hydrogen-bond donors (Lipinski definition) is 1. The Hall–Kier alpha value is -1.00. The van der Waals surface area contributed by atoms with Crippen LogP contribution in [0, 0.1) is 0 Å². The van der Waals surface area contributed by atoms with Gasteiger partial charge in [0.15, 0.2) is 5.16 Å². The number of halogens is 3. The molecule has 1 N–H and O–H groups in total. The van der Waals surface area contributed by atoms with Crippen molar-refractivity contribution in [1.29, 1.82) is 0 Å². The van der Waals surface area contributed by atoms with Crippen LogP contribution in [-0.4, -0.2) is 64.7 Å². The highest BCUT2D eigenvalue weighted by Crippen LogP contribution is 2.28. The predicted molar refractivity (Wildman–Crippen MR) is 80.8 cm³/mol. The molecule has 23 heavy (non-hydrogen) atoms. The summed E-state index contributed by atoms with van der Waals surface area (Å²) < 4.78 is 45.0. The molecule has 0 saturated carbocycles. The second-order valence-corrected chi connectivity index (χ2v) is 6.28.